The lowest BCUT2D eigenvalue weighted by Gasteiger charge is -2.30. The zero-order valence-corrected chi connectivity index (χ0v) is 25.1. The zero-order chi connectivity index (χ0) is 33.9. The Kier molecular flexibility index (Phi) is 7.81. The van der Waals surface area contributed by atoms with Gasteiger partial charge in [-0.2, -0.15) is 22.0 Å². The number of hydrogen-bond acceptors (Lipinski definition) is 7. The zero-order valence-electron chi connectivity index (χ0n) is 25.1. The average molecular weight is 657 g/mol. The van der Waals surface area contributed by atoms with Crippen molar-refractivity contribution in [3.05, 3.63) is 82.7 Å². The summed E-state index contributed by atoms with van der Waals surface area (Å²) in [4.78, 5) is 34.8. The Bertz CT molecular complexity index is 1900. The molecule has 246 valence electrons. The van der Waals surface area contributed by atoms with Crippen LogP contribution in [0.2, 0.25) is 0 Å². The number of halogens is 5. The average Bonchev–Trinajstić information content (AvgIpc) is 3.82. The number of nitrogens with one attached hydrogen (secondary N) is 1. The molecule has 6 rings (SSSR count). The molecule has 4 N–H and O–H groups in total. The number of ether oxygens (including phenoxy) is 2. The molecule has 2 aliphatic rings. The molecule has 0 saturated heterocycles. The fourth-order valence-electron chi connectivity index (χ4n) is 5.79. The third-order valence-corrected chi connectivity index (χ3v) is 8.68. The van der Waals surface area contributed by atoms with Gasteiger partial charge in [-0.15, -0.1) is 0 Å². The highest BCUT2D eigenvalue weighted by Crippen LogP contribution is 2.50. The van der Waals surface area contributed by atoms with Crippen molar-refractivity contribution < 1.29 is 46.1 Å². The molecule has 2 atom stereocenters. The van der Waals surface area contributed by atoms with Crippen LogP contribution in [-0.2, 0) is 22.0 Å². The molecule has 2 amide bonds. The number of amides is 2. The second-order valence-corrected chi connectivity index (χ2v) is 12.1. The molecule has 0 spiro atoms. The summed E-state index contributed by atoms with van der Waals surface area (Å²) < 4.78 is 76.7. The van der Waals surface area contributed by atoms with Crippen LogP contribution in [0, 0.1) is 12.8 Å². The van der Waals surface area contributed by atoms with Gasteiger partial charge < -0.3 is 25.6 Å². The number of alkyl halides is 5. The van der Waals surface area contributed by atoms with Gasteiger partial charge in [-0.05, 0) is 74.6 Å². The molecule has 1 aliphatic heterocycles. The monoisotopic (exact) mass is 656 g/mol. The van der Waals surface area contributed by atoms with Crippen LogP contribution in [0.5, 0.6) is 11.5 Å². The largest absolute Gasteiger partial charge is 0.489 e. The van der Waals surface area contributed by atoms with E-state index in [4.69, 9.17) is 10.5 Å². The number of primary amides is 1. The number of benzene rings is 2. The minimum absolute atomic E-state index is 0.0271. The molecular weight excluding hydrogens is 627 g/mol. The van der Waals surface area contributed by atoms with Gasteiger partial charge in [0, 0.05) is 28.3 Å². The molecule has 2 aromatic heterocycles. The predicted molar refractivity (Wildman–Crippen MR) is 159 cm³/mol. The molecule has 1 fully saturated rings. The molecule has 1 unspecified atom stereocenters. The molecule has 4 aromatic rings. The number of nitrogens with zero attached hydrogens (tertiary/aromatic N) is 2. The Morgan fingerprint density at radius 3 is 2.47 bits per heavy atom. The number of rotatable bonds is 9. The minimum Gasteiger partial charge on any atom is -0.489 e. The summed E-state index contributed by atoms with van der Waals surface area (Å²) in [5, 5.41) is 15.2. The summed E-state index contributed by atoms with van der Waals surface area (Å²) in [7, 11) is 0. The summed E-state index contributed by atoms with van der Waals surface area (Å²) in [5.41, 5.74) is 3.21. The quantitative estimate of drug-likeness (QED) is 0.206. The fourth-order valence-corrected chi connectivity index (χ4v) is 5.79. The fraction of sp³-hybridized carbons (Fsp3) is 0.333. The molecular formula is C33H29F5N4O5. The van der Waals surface area contributed by atoms with Crippen LogP contribution in [-0.4, -0.2) is 46.7 Å². The van der Waals surface area contributed by atoms with Crippen LogP contribution in [0.4, 0.5) is 22.0 Å². The number of aryl methyl sites for hydroxylation is 1. The van der Waals surface area contributed by atoms with Crippen LogP contribution in [0.1, 0.15) is 52.5 Å². The molecule has 0 bridgehead atoms. The van der Waals surface area contributed by atoms with Gasteiger partial charge in [0.25, 0.3) is 5.91 Å². The second kappa shape index (κ2) is 11.4. The normalized spacial score (nSPS) is 18.8. The smallest absolute Gasteiger partial charge is 0.416 e. The van der Waals surface area contributed by atoms with Gasteiger partial charge in [0.15, 0.2) is 5.75 Å². The maximum atomic E-state index is 13.4. The molecule has 3 heterocycles. The predicted octanol–water partition coefficient (Wildman–Crippen LogP) is 5.39. The first-order valence-electron chi connectivity index (χ1n) is 14.6. The Morgan fingerprint density at radius 1 is 1.15 bits per heavy atom. The van der Waals surface area contributed by atoms with Crippen molar-refractivity contribution in [1.82, 2.24) is 15.3 Å². The molecule has 1 aliphatic carbocycles. The third-order valence-electron chi connectivity index (χ3n) is 8.68. The van der Waals surface area contributed by atoms with Gasteiger partial charge in [0.1, 0.15) is 34.6 Å². The maximum absolute atomic E-state index is 13.4. The van der Waals surface area contributed by atoms with Crippen molar-refractivity contribution in [2.75, 3.05) is 13.2 Å². The maximum Gasteiger partial charge on any atom is 0.416 e. The van der Waals surface area contributed by atoms with Gasteiger partial charge in [0.2, 0.25) is 5.91 Å². The number of aliphatic hydroxyl groups is 1. The van der Waals surface area contributed by atoms with Crippen molar-refractivity contribution in [1.29, 1.82) is 0 Å². The van der Waals surface area contributed by atoms with E-state index in [1.165, 1.54) is 30.5 Å². The van der Waals surface area contributed by atoms with Gasteiger partial charge >= 0.3 is 12.8 Å². The van der Waals surface area contributed by atoms with E-state index < -0.39 is 41.2 Å². The summed E-state index contributed by atoms with van der Waals surface area (Å²) in [5.74, 6) is -1.97. The molecule has 47 heavy (non-hydrogen) atoms. The van der Waals surface area contributed by atoms with Gasteiger partial charge in [-0.1, -0.05) is 12.1 Å². The highest BCUT2D eigenvalue weighted by molar-refractivity contribution is 6.00. The highest BCUT2D eigenvalue weighted by Gasteiger charge is 2.50. The van der Waals surface area contributed by atoms with E-state index in [1.54, 1.807) is 19.9 Å². The van der Waals surface area contributed by atoms with Crippen LogP contribution in [0.3, 0.4) is 0 Å². The Balaban J connectivity index is 1.39. The first-order valence-corrected chi connectivity index (χ1v) is 14.6. The number of carbonyl (C=O) groups excluding carboxylic acids is 2. The number of aromatic nitrogens is 2. The van der Waals surface area contributed by atoms with Crippen LogP contribution >= 0.6 is 0 Å². The van der Waals surface area contributed by atoms with E-state index >= 15 is 0 Å². The third kappa shape index (κ3) is 5.93. The van der Waals surface area contributed by atoms with E-state index in [-0.39, 0.29) is 58.6 Å². The SMILES string of the molecule is Cc1cnc2c(OC(F)F)cc(C(=O)NCC(O)(c3cc4c(c(-c5ccc(C(F)(F)F)cc5)n3)OC[C@]4(C)C(N)=O)C3CC3)cc2c1. The Hall–Kier alpha value is -4.85. The van der Waals surface area contributed by atoms with E-state index in [0.29, 0.717) is 23.8 Å². The van der Waals surface area contributed by atoms with Crippen molar-refractivity contribution >= 4 is 22.7 Å². The Morgan fingerprint density at radius 2 is 1.85 bits per heavy atom. The standard InChI is InChI=1S/C33H29F5N4O5/c1-16-9-18-10-19(11-23(47-30(34)35)25(18)40-13-16)28(43)41-14-32(45,20-7-8-20)24-12-22-27(46-15-31(22,2)29(39)44)26(42-24)17-3-5-21(6-4-17)33(36,37)38/h3-6,9-13,20,30,45H,7-8,14-15H2,1-2H3,(H2,39,44)(H,41,43)/t31-,32?/m0/s1. The van der Waals surface area contributed by atoms with Gasteiger partial charge in [-0.3, -0.25) is 14.6 Å². The van der Waals surface area contributed by atoms with Gasteiger partial charge in [0.05, 0.1) is 17.8 Å². The highest BCUT2D eigenvalue weighted by atomic mass is 19.4. The van der Waals surface area contributed by atoms with Crippen LogP contribution in [0.25, 0.3) is 22.2 Å². The lowest BCUT2D eigenvalue weighted by molar-refractivity contribution is -0.137. The topological polar surface area (TPSA) is 137 Å². The van der Waals surface area contributed by atoms with E-state index in [2.05, 4.69) is 20.0 Å². The lowest BCUT2D eigenvalue weighted by Crippen LogP contribution is -2.44. The van der Waals surface area contributed by atoms with E-state index in [9.17, 15) is 36.6 Å². The minimum atomic E-state index is -4.58. The number of carbonyl (C=O) groups is 2. The van der Waals surface area contributed by atoms with E-state index in [0.717, 1.165) is 23.8 Å². The summed E-state index contributed by atoms with van der Waals surface area (Å²) in [6.45, 7) is -0.403. The summed E-state index contributed by atoms with van der Waals surface area (Å²) >= 11 is 0. The summed E-state index contributed by atoms with van der Waals surface area (Å²) in [6.07, 6.45) is -1.96. The first-order chi connectivity index (χ1) is 22.1. The molecule has 0 radical (unpaired) electrons. The number of hydrogen-bond donors (Lipinski definition) is 3. The Labute approximate surface area is 264 Å². The molecule has 1 saturated carbocycles. The number of pyridine rings is 2. The van der Waals surface area contributed by atoms with Crippen molar-refractivity contribution in [3.8, 4) is 22.8 Å². The van der Waals surface area contributed by atoms with Crippen LogP contribution < -0.4 is 20.5 Å². The second-order valence-electron chi connectivity index (χ2n) is 12.1. The lowest BCUT2D eigenvalue weighted by atomic mass is 9.81. The van der Waals surface area contributed by atoms with Crippen molar-refractivity contribution in [3.63, 3.8) is 0 Å². The van der Waals surface area contributed by atoms with E-state index in [1.807, 2.05) is 0 Å². The summed E-state index contributed by atoms with van der Waals surface area (Å²) in [6, 6.07) is 9.94. The molecule has 14 heteroatoms. The molecule has 2 aromatic carbocycles. The molecule has 9 nitrogen and oxygen atoms in total. The number of fused-ring (bicyclic) bond motifs is 2. The van der Waals surface area contributed by atoms with Crippen LogP contribution in [0.15, 0.2) is 54.7 Å². The van der Waals surface area contributed by atoms with Crippen molar-refractivity contribution in [2.24, 2.45) is 11.7 Å². The van der Waals surface area contributed by atoms with Gasteiger partial charge in [-0.25, -0.2) is 4.98 Å². The number of nitrogens with two attached hydrogens (primary N) is 1. The first kappa shape index (κ1) is 32.1. The van der Waals surface area contributed by atoms with Crippen molar-refractivity contribution in [2.45, 2.75) is 50.5 Å².